The van der Waals surface area contributed by atoms with Gasteiger partial charge in [-0.25, -0.2) is 4.39 Å². The van der Waals surface area contributed by atoms with Crippen molar-refractivity contribution in [2.75, 3.05) is 0 Å². The summed E-state index contributed by atoms with van der Waals surface area (Å²) in [6.45, 7) is 9.07. The number of ether oxygens (including phenoxy) is 2. The van der Waals surface area contributed by atoms with Crippen LogP contribution in [0.15, 0.2) is 28.8 Å². The van der Waals surface area contributed by atoms with Crippen LogP contribution in [0.5, 0.6) is 5.75 Å². The molecular weight excluding hydrogens is 403 g/mol. The van der Waals surface area contributed by atoms with Crippen LogP contribution in [0.4, 0.5) is 4.39 Å². The van der Waals surface area contributed by atoms with Crippen LogP contribution in [0.25, 0.3) is 0 Å². The normalized spacial score (nSPS) is 11.2. The number of benzene rings is 1. The number of halogens is 1. The number of carbonyl (C=O) groups excluding carboxylic acids is 1. The molecule has 0 aliphatic heterocycles. The predicted molar refractivity (Wildman–Crippen MR) is 110 cm³/mol. The van der Waals surface area contributed by atoms with Crippen molar-refractivity contribution in [3.05, 3.63) is 58.7 Å². The number of aromatic nitrogens is 4. The topological polar surface area (TPSA) is 92.3 Å². The van der Waals surface area contributed by atoms with Gasteiger partial charge >= 0.3 is 5.97 Å². The molecule has 0 unspecified atom stereocenters. The Morgan fingerprint density at radius 3 is 2.65 bits per heavy atom. The average molecular weight is 430 g/mol. The molecule has 0 N–H and O–H groups in total. The van der Waals surface area contributed by atoms with Crippen LogP contribution in [0.3, 0.4) is 0 Å². The van der Waals surface area contributed by atoms with Gasteiger partial charge in [0, 0.05) is 18.7 Å². The van der Waals surface area contributed by atoms with Crippen LogP contribution in [0.1, 0.15) is 48.9 Å². The van der Waals surface area contributed by atoms with E-state index in [1.54, 1.807) is 0 Å². The minimum Gasteiger partial charge on any atom is -0.485 e. The molecule has 9 heteroatoms. The van der Waals surface area contributed by atoms with Gasteiger partial charge in [-0.15, -0.1) is 0 Å². The number of hydrogen-bond acceptors (Lipinski definition) is 7. The zero-order valence-electron chi connectivity index (χ0n) is 18.2. The zero-order valence-corrected chi connectivity index (χ0v) is 18.2. The molecule has 1 aromatic carbocycles. The quantitative estimate of drug-likeness (QED) is 0.450. The van der Waals surface area contributed by atoms with Gasteiger partial charge in [-0.3, -0.25) is 9.48 Å². The van der Waals surface area contributed by atoms with E-state index < -0.39 is 0 Å². The highest BCUT2D eigenvalue weighted by molar-refractivity contribution is 5.69. The molecule has 2 heterocycles. The first-order chi connectivity index (χ1) is 14.8. The fourth-order valence-electron chi connectivity index (χ4n) is 3.15. The van der Waals surface area contributed by atoms with Crippen molar-refractivity contribution in [1.82, 2.24) is 19.9 Å². The highest BCUT2D eigenvalue weighted by Crippen LogP contribution is 2.17. The number of aryl methyl sites for hydroxylation is 1. The molecule has 0 bridgehead atoms. The Morgan fingerprint density at radius 1 is 1.19 bits per heavy atom. The minimum absolute atomic E-state index is 0.0575. The summed E-state index contributed by atoms with van der Waals surface area (Å²) >= 11 is 0. The van der Waals surface area contributed by atoms with Gasteiger partial charge in [0.25, 0.3) is 5.89 Å². The lowest BCUT2D eigenvalue weighted by molar-refractivity contribution is -0.145. The molecule has 166 valence electrons. The fraction of sp³-hybridized carbons (Fsp3) is 0.455. The summed E-state index contributed by atoms with van der Waals surface area (Å²) in [6, 6.07) is 5.62. The fourth-order valence-corrected chi connectivity index (χ4v) is 3.15. The Morgan fingerprint density at radius 2 is 1.94 bits per heavy atom. The number of esters is 1. The molecule has 3 rings (SSSR count). The maximum absolute atomic E-state index is 12.9. The number of rotatable bonds is 10. The second-order valence-corrected chi connectivity index (χ2v) is 7.73. The summed E-state index contributed by atoms with van der Waals surface area (Å²) in [5, 5.41) is 8.35. The molecule has 0 fully saturated rings. The molecule has 0 atom stereocenters. The smallest absolute Gasteiger partial charge is 0.306 e. The summed E-state index contributed by atoms with van der Waals surface area (Å²) in [4.78, 5) is 16.3. The van der Waals surface area contributed by atoms with Gasteiger partial charge in [0.15, 0.2) is 13.2 Å². The third-order valence-electron chi connectivity index (χ3n) is 4.70. The highest BCUT2D eigenvalue weighted by Gasteiger charge is 2.15. The Bertz CT molecular complexity index is 1010. The van der Waals surface area contributed by atoms with Gasteiger partial charge in [0.2, 0.25) is 5.82 Å². The van der Waals surface area contributed by atoms with E-state index in [0.29, 0.717) is 23.9 Å². The van der Waals surface area contributed by atoms with Crippen molar-refractivity contribution in [1.29, 1.82) is 0 Å². The van der Waals surface area contributed by atoms with Crippen molar-refractivity contribution in [2.24, 2.45) is 5.92 Å². The summed E-state index contributed by atoms with van der Waals surface area (Å²) in [7, 11) is 0. The van der Waals surface area contributed by atoms with Gasteiger partial charge in [-0.05, 0) is 56.0 Å². The van der Waals surface area contributed by atoms with Gasteiger partial charge < -0.3 is 14.0 Å². The molecule has 0 amide bonds. The van der Waals surface area contributed by atoms with Crippen molar-refractivity contribution in [2.45, 2.75) is 60.3 Å². The summed E-state index contributed by atoms with van der Waals surface area (Å²) in [6.07, 6.45) is 0.804. The lowest BCUT2D eigenvalue weighted by atomic mass is 10.1. The largest absolute Gasteiger partial charge is 0.485 e. The molecule has 0 saturated carbocycles. The van der Waals surface area contributed by atoms with E-state index >= 15 is 0 Å². The first kappa shape index (κ1) is 22.5. The molecule has 0 radical (unpaired) electrons. The van der Waals surface area contributed by atoms with Crippen LogP contribution < -0.4 is 4.74 Å². The Labute approximate surface area is 180 Å². The molecule has 0 spiro atoms. The standard InChI is InChI=1S/C22H27FN4O4/c1-14(2)11-27-16(4)19(15(3)25-27)9-10-22(28)30-13-21-24-20(26-31-21)12-29-18-7-5-17(23)6-8-18/h5-8,14H,9-13H2,1-4H3. The maximum atomic E-state index is 12.9. The van der Waals surface area contributed by atoms with Gasteiger partial charge in [-0.2, -0.15) is 10.1 Å². The molecule has 0 saturated heterocycles. The van der Waals surface area contributed by atoms with E-state index in [4.69, 9.17) is 14.0 Å². The van der Waals surface area contributed by atoms with E-state index in [0.717, 1.165) is 23.5 Å². The van der Waals surface area contributed by atoms with Crippen LogP contribution in [-0.4, -0.2) is 25.9 Å². The molecule has 31 heavy (non-hydrogen) atoms. The number of nitrogens with zero attached hydrogens (tertiary/aromatic N) is 4. The van der Waals surface area contributed by atoms with E-state index in [2.05, 4.69) is 29.1 Å². The van der Waals surface area contributed by atoms with E-state index in [1.165, 1.54) is 24.3 Å². The van der Waals surface area contributed by atoms with Crippen LogP contribution in [0.2, 0.25) is 0 Å². The van der Waals surface area contributed by atoms with Crippen molar-refractivity contribution in [3.63, 3.8) is 0 Å². The van der Waals surface area contributed by atoms with Crippen LogP contribution in [0, 0.1) is 25.6 Å². The van der Waals surface area contributed by atoms with Crippen LogP contribution >= 0.6 is 0 Å². The maximum Gasteiger partial charge on any atom is 0.306 e. The second kappa shape index (κ2) is 10.2. The molecule has 2 aromatic heterocycles. The Balaban J connectivity index is 1.44. The third kappa shape index (κ3) is 6.37. The Kier molecular flexibility index (Phi) is 7.38. The summed E-state index contributed by atoms with van der Waals surface area (Å²) in [5.74, 6) is 0.781. The third-order valence-corrected chi connectivity index (χ3v) is 4.70. The summed E-state index contributed by atoms with van der Waals surface area (Å²) in [5.41, 5.74) is 3.10. The predicted octanol–water partition coefficient (Wildman–Crippen LogP) is 3.93. The zero-order chi connectivity index (χ0) is 22.4. The van der Waals surface area contributed by atoms with Gasteiger partial charge in [0.1, 0.15) is 11.6 Å². The van der Waals surface area contributed by atoms with Gasteiger partial charge in [0.05, 0.1) is 5.69 Å². The first-order valence-electron chi connectivity index (χ1n) is 10.2. The minimum atomic E-state index is -0.349. The Hall–Kier alpha value is -3.23. The highest BCUT2D eigenvalue weighted by atomic mass is 19.1. The van der Waals surface area contributed by atoms with Gasteiger partial charge in [-0.1, -0.05) is 19.0 Å². The van der Waals surface area contributed by atoms with Crippen molar-refractivity contribution >= 4 is 5.97 Å². The molecule has 3 aromatic rings. The lowest BCUT2D eigenvalue weighted by Crippen LogP contribution is -2.09. The SMILES string of the molecule is Cc1nn(CC(C)C)c(C)c1CCC(=O)OCc1nc(COc2ccc(F)cc2)no1. The molecule has 0 aliphatic carbocycles. The lowest BCUT2D eigenvalue weighted by Gasteiger charge is -2.08. The molecule has 8 nitrogen and oxygen atoms in total. The average Bonchev–Trinajstić information content (AvgIpc) is 3.28. The number of hydrogen-bond donors (Lipinski definition) is 0. The molecular formula is C22H27FN4O4. The van der Waals surface area contributed by atoms with E-state index in [1.807, 2.05) is 18.5 Å². The second-order valence-electron chi connectivity index (χ2n) is 7.73. The first-order valence-corrected chi connectivity index (χ1v) is 10.2. The monoisotopic (exact) mass is 430 g/mol. The van der Waals surface area contributed by atoms with E-state index in [9.17, 15) is 9.18 Å². The number of carbonyl (C=O) groups is 1. The van der Waals surface area contributed by atoms with Crippen LogP contribution in [-0.2, 0) is 35.7 Å². The van der Waals surface area contributed by atoms with Crippen molar-refractivity contribution in [3.8, 4) is 5.75 Å². The van der Waals surface area contributed by atoms with Crippen molar-refractivity contribution < 1.29 is 23.2 Å². The summed E-state index contributed by atoms with van der Waals surface area (Å²) < 4.78 is 30.7. The van der Waals surface area contributed by atoms with E-state index in [-0.39, 0.29) is 37.3 Å². The molecule has 0 aliphatic rings.